The summed E-state index contributed by atoms with van der Waals surface area (Å²) < 4.78 is 65.8. The number of ketones is 2. The van der Waals surface area contributed by atoms with Crippen LogP contribution in [0.4, 0.5) is 19.9 Å². The van der Waals surface area contributed by atoms with Gasteiger partial charge in [0, 0.05) is 68.1 Å². The quantitative estimate of drug-likeness (QED) is 0.00746. The Hall–Kier alpha value is -9.47. The van der Waals surface area contributed by atoms with Crippen LogP contribution >= 0.6 is 22.7 Å². The molecule has 3 radical (unpaired) electrons. The molecule has 10 fully saturated rings. The molecule has 0 spiro atoms. The molecule has 747 valence electrons. The minimum absolute atomic E-state index is 0. The Morgan fingerprint density at radius 2 is 0.921 bits per heavy atom. The molecule has 39 heteroatoms. The number of oxime groups is 2. The number of hydrogen-bond acceptors (Lipinski definition) is 33. The second-order valence-corrected chi connectivity index (χ2v) is 43.1. The SMILES string of the molecule is C1CCNC1.CC(=O)OOC(C)=O.COc1c(C[C@H](CC(=O)/C(=N\OCc2ccccc2)c2csc(NC(=O)OC(C)(C)C)n2)B2OC3C[C@@H]4C[C@@H](C4(C)C)[C@]3(C)O2)ccc(C=O)c1C(=O)OC(C)(C)C.COc1c(C[C@H](CC(=O)/C(=N\OCc2ccccc2)c2csc(NC(=O)OC(C)(C)C)n2)B2OC3C[C@@H]4C[C@@H](C4(C)C)[C@]3(C)O2)ccc(CN2CCCC2)c1C(=O)OC(C)(C)C.[B-]OC(C)=O.[Na+]. The molecule has 4 bridgehead atoms. The number of benzene rings is 4. The van der Waals surface area contributed by atoms with Gasteiger partial charge in [-0.05, 0) is 250 Å². The number of aldehydes is 1. The molecule has 2 amide bonds. The van der Waals surface area contributed by atoms with Crippen molar-refractivity contribution in [1.82, 2.24) is 20.2 Å². The molecule has 16 rings (SSSR count). The van der Waals surface area contributed by atoms with Crippen LogP contribution in [0.25, 0.3) is 0 Å². The molecule has 6 saturated carbocycles. The molecular weight excluding hydrogens is 1830 g/mol. The van der Waals surface area contributed by atoms with Gasteiger partial charge in [0.05, 0.1) is 37.6 Å². The fraction of sp³-hybridized carbons (Fsp3) is 0.580. The van der Waals surface area contributed by atoms with Crippen molar-refractivity contribution >= 4 is 127 Å². The number of thiazole rings is 2. The molecule has 6 heterocycles. The van der Waals surface area contributed by atoms with E-state index in [1.807, 2.05) is 93.6 Å². The van der Waals surface area contributed by atoms with Gasteiger partial charge in [-0.3, -0.25) is 34.7 Å². The van der Waals surface area contributed by atoms with E-state index in [1.54, 1.807) is 92.3 Å². The van der Waals surface area contributed by atoms with Crippen LogP contribution in [-0.2, 0) is 118 Å². The molecule has 10 atom stereocenters. The van der Waals surface area contributed by atoms with Gasteiger partial charge >= 0.3 is 79.9 Å². The van der Waals surface area contributed by atoms with Crippen molar-refractivity contribution < 1.29 is 149 Å². The number of nitrogens with one attached hydrogen (secondary N) is 3. The number of anilines is 2. The van der Waals surface area contributed by atoms with Gasteiger partial charge in [0.2, 0.25) is 5.97 Å². The topological polar surface area (TPSA) is 399 Å². The fourth-order valence-corrected chi connectivity index (χ4v) is 20.3. The summed E-state index contributed by atoms with van der Waals surface area (Å²) in [6.45, 7) is 43.5. The first-order valence-electron chi connectivity index (χ1n) is 46.9. The third-order valence-electron chi connectivity index (χ3n) is 25.6. The van der Waals surface area contributed by atoms with Gasteiger partial charge in [-0.2, -0.15) is 0 Å². The number of likely N-dealkylation sites (tertiary alicyclic amines) is 1. The van der Waals surface area contributed by atoms with Crippen LogP contribution in [0.1, 0.15) is 280 Å². The first-order chi connectivity index (χ1) is 64.8. The number of rotatable bonds is 29. The van der Waals surface area contributed by atoms with Crippen LogP contribution in [0.2, 0.25) is 11.6 Å². The molecule has 6 aliphatic carbocycles. The molecular formula is C100H135B3N8NaO25S2. The van der Waals surface area contributed by atoms with Crippen LogP contribution in [-0.4, -0.2) is 195 Å². The van der Waals surface area contributed by atoms with Crippen LogP contribution < -0.4 is 55.0 Å². The number of esters is 2. The Morgan fingerprint density at radius 3 is 1.27 bits per heavy atom. The molecule has 2 aromatic heterocycles. The summed E-state index contributed by atoms with van der Waals surface area (Å²) >= 11 is 2.25. The van der Waals surface area contributed by atoms with E-state index in [1.165, 1.54) is 40.0 Å². The first-order valence-corrected chi connectivity index (χ1v) is 48.7. The van der Waals surface area contributed by atoms with E-state index in [0.29, 0.717) is 47.5 Å². The average Bonchev–Trinajstić information content (AvgIpc) is 1.60. The number of Topliss-reactive ketones (excluding diaryl/α,β-unsaturated/α-hetero) is 2. The smallest absolute Gasteiger partial charge is 0.793 e. The molecule has 2 unspecified atom stereocenters. The maximum absolute atomic E-state index is 14.9. The summed E-state index contributed by atoms with van der Waals surface area (Å²) in [6.07, 6.45) is 7.99. The number of ether oxygens (including phenoxy) is 6. The number of methoxy groups -OCH3 is 2. The van der Waals surface area contributed by atoms with Gasteiger partial charge < -0.3 is 74.7 Å². The van der Waals surface area contributed by atoms with Crippen molar-refractivity contribution in [1.29, 1.82) is 0 Å². The van der Waals surface area contributed by atoms with Gasteiger partial charge in [-0.1, -0.05) is 123 Å². The molecule has 139 heavy (non-hydrogen) atoms. The summed E-state index contributed by atoms with van der Waals surface area (Å²) in [4.78, 5) is 155. The van der Waals surface area contributed by atoms with Gasteiger partial charge in [-0.25, -0.2) is 48.5 Å². The summed E-state index contributed by atoms with van der Waals surface area (Å²) in [5, 5.41) is 21.0. The number of carbonyl (C=O) groups excluding carboxylic acids is 10. The standard InChI is InChI=1S/C47H63BN4O9S.C43H54BN3O10S.C4H9N.C4H6O4.C2H3BO2.Na/c1-44(2,3)58-41(54)38-31(26-52-20-14-15-21-52)19-18-30(40(38)56-10)22-33(48-60-37-24-32-23-36(46(32,7)8)47(37,9)61-48)25-35(53)39(51-57-27-29-16-12-11-13-17-29)34-28-62-42(49-34)50-43(55)59-45(4,5)6;1-40(2,3)54-37(50)34-27(22-48)17-16-26(36(34)52-10)18-29(44-56-33-20-28-19-32(42(28,7)8)43(33,9)57-44)21-31(49)35(47-53-23-25-14-12-11-13-15-25)30-24-58-38(45-30)46-39(51)55-41(4,5)6;1-2-4-5-3-1;1-3(5)7-8-4(2)6;1-2(4)5-3;/h11-13,16-19,28,32-33,36-37H,14-15,20-27H2,1-10H3,(H,49,50,55);11-17,22,24,28-29,32-33H,18-21,23H2,1-10H3,(H,45,46,51);5H,1-4H2;1-2H3;1H3;/q;;;;-1;+1/b51-39-;47-35-;;;;/t32-,33+,36-,37?,47-;28-,29+,32-,33?,43-;;;;/m00..../s1. The van der Waals surface area contributed by atoms with Crippen molar-refractivity contribution in [2.45, 2.75) is 300 Å². The van der Waals surface area contributed by atoms with E-state index in [-0.39, 0.29) is 153 Å². The molecule has 3 N–H and O–H groups in total. The zero-order chi connectivity index (χ0) is 101. The summed E-state index contributed by atoms with van der Waals surface area (Å²) in [5.74, 6) is -2.70. The van der Waals surface area contributed by atoms with E-state index < -0.39 is 107 Å². The second-order valence-electron chi connectivity index (χ2n) is 41.4. The van der Waals surface area contributed by atoms with E-state index in [2.05, 4.69) is 105 Å². The summed E-state index contributed by atoms with van der Waals surface area (Å²) in [7, 11) is 5.74. The van der Waals surface area contributed by atoms with Crippen LogP contribution in [0, 0.1) is 34.5 Å². The Morgan fingerprint density at radius 1 is 0.540 bits per heavy atom. The number of amides is 2. The maximum Gasteiger partial charge on any atom is 1.00 e. The molecule has 6 aromatic rings. The maximum atomic E-state index is 14.9. The van der Waals surface area contributed by atoms with Gasteiger partial charge in [0.25, 0.3) is 0 Å². The molecule has 33 nitrogen and oxygen atoms in total. The fourth-order valence-electron chi connectivity index (χ4n) is 18.9. The molecule has 4 saturated heterocycles. The summed E-state index contributed by atoms with van der Waals surface area (Å²) in [6, 6.07) is 26.2. The number of nitrogens with zero attached hydrogens (tertiary/aromatic N) is 5. The van der Waals surface area contributed by atoms with E-state index in [0.717, 1.165) is 110 Å². The predicted molar refractivity (Wildman–Crippen MR) is 523 cm³/mol. The molecule has 4 aliphatic heterocycles. The van der Waals surface area contributed by atoms with Gasteiger partial charge in [-0.15, -0.1) is 22.7 Å². The van der Waals surface area contributed by atoms with Crippen molar-refractivity contribution in [3.05, 3.63) is 152 Å². The average molecular weight is 1970 g/mol. The Bertz CT molecular complexity index is 5300. The molecule has 10 aliphatic rings. The predicted octanol–water partition coefficient (Wildman–Crippen LogP) is 14.8. The van der Waals surface area contributed by atoms with Gasteiger partial charge in [0.1, 0.15) is 69.6 Å². The normalized spacial score (nSPS) is 21.8. The van der Waals surface area contributed by atoms with Crippen molar-refractivity contribution in [3.63, 3.8) is 0 Å². The Labute approximate surface area is 848 Å². The van der Waals surface area contributed by atoms with E-state index in [4.69, 9.17) is 56.7 Å². The van der Waals surface area contributed by atoms with Crippen LogP contribution in [0.3, 0.4) is 0 Å². The Kier molecular flexibility index (Phi) is 39.9. The van der Waals surface area contributed by atoms with Gasteiger partial charge in [0.15, 0.2) is 39.5 Å². The zero-order valence-electron chi connectivity index (χ0n) is 84.9. The minimum Gasteiger partial charge on any atom is -0.793 e. The van der Waals surface area contributed by atoms with Crippen molar-refractivity contribution in [2.24, 2.45) is 44.8 Å². The Balaban J connectivity index is 0.000000262. The number of carbonyl (C=O) groups is 10. The van der Waals surface area contributed by atoms with E-state index >= 15 is 0 Å². The van der Waals surface area contributed by atoms with Crippen LogP contribution in [0.5, 0.6) is 11.5 Å². The van der Waals surface area contributed by atoms with Crippen molar-refractivity contribution in [2.75, 3.05) is 51.0 Å². The number of hydrogen-bond donors (Lipinski definition) is 3. The first kappa shape index (κ1) is 113. The minimum atomic E-state index is -0.838. The monoisotopic (exact) mass is 1970 g/mol. The number of aromatic nitrogens is 2. The van der Waals surface area contributed by atoms with E-state index in [9.17, 15) is 47.9 Å². The van der Waals surface area contributed by atoms with Crippen molar-refractivity contribution in [3.8, 4) is 11.5 Å². The second kappa shape index (κ2) is 49.0. The van der Waals surface area contributed by atoms with Crippen LogP contribution in [0.15, 0.2) is 106 Å². The largest absolute Gasteiger partial charge is 1.00 e. The zero-order valence-corrected chi connectivity index (χ0v) is 88.5. The summed E-state index contributed by atoms with van der Waals surface area (Å²) in [5.41, 5.74) is 0.744. The third kappa shape index (κ3) is 31.0. The third-order valence-corrected chi connectivity index (χ3v) is 27.1. The molecule has 4 aromatic carbocycles.